The summed E-state index contributed by atoms with van der Waals surface area (Å²) < 4.78 is 0. The highest BCUT2D eigenvalue weighted by molar-refractivity contribution is 5.66. The number of aromatic nitrogens is 2. The number of rotatable bonds is 4. The van der Waals surface area contributed by atoms with Gasteiger partial charge in [0.2, 0.25) is 5.95 Å². The normalized spacial score (nSPS) is 10.2. The summed E-state index contributed by atoms with van der Waals surface area (Å²) in [5.41, 5.74) is 5.49. The third-order valence-electron chi connectivity index (χ3n) is 4.02. The van der Waals surface area contributed by atoms with Crippen LogP contribution in [0.3, 0.4) is 0 Å². The van der Waals surface area contributed by atoms with Crippen LogP contribution in [0.1, 0.15) is 22.4 Å². The minimum Gasteiger partial charge on any atom is -0.340 e. The lowest BCUT2D eigenvalue weighted by atomic mass is 10.1. The molecule has 0 saturated carbocycles. The molecule has 0 fully saturated rings. The number of nitriles is 1. The summed E-state index contributed by atoms with van der Waals surface area (Å²) in [6, 6.07) is 17.5. The standard InChI is InChI=1S/C20H19N5/c1-13-7-6-10-17(15(13)3)23-19-11-14(2)22-20(25-19)24-18-9-5-4-8-16(18)12-21/h4-11H,1-3H3,(H2,22,23,24,25). The number of nitrogens with one attached hydrogen (secondary N) is 2. The lowest BCUT2D eigenvalue weighted by Gasteiger charge is -2.13. The summed E-state index contributed by atoms with van der Waals surface area (Å²) in [6.07, 6.45) is 0. The number of anilines is 4. The molecule has 1 aromatic heterocycles. The molecule has 0 spiro atoms. The molecule has 0 atom stereocenters. The second-order valence-electron chi connectivity index (χ2n) is 5.87. The molecular weight excluding hydrogens is 310 g/mol. The van der Waals surface area contributed by atoms with Crippen LogP contribution in [0.4, 0.5) is 23.1 Å². The summed E-state index contributed by atoms with van der Waals surface area (Å²) >= 11 is 0. The molecule has 2 N–H and O–H groups in total. The smallest absolute Gasteiger partial charge is 0.229 e. The first-order valence-electron chi connectivity index (χ1n) is 8.02. The summed E-state index contributed by atoms with van der Waals surface area (Å²) in [6.45, 7) is 6.07. The minimum absolute atomic E-state index is 0.454. The molecular formula is C20H19N5. The second kappa shape index (κ2) is 7.02. The van der Waals surface area contributed by atoms with E-state index in [0.717, 1.165) is 11.4 Å². The zero-order valence-electron chi connectivity index (χ0n) is 14.5. The van der Waals surface area contributed by atoms with Crippen LogP contribution in [-0.4, -0.2) is 9.97 Å². The second-order valence-corrected chi connectivity index (χ2v) is 5.87. The molecule has 0 aliphatic rings. The van der Waals surface area contributed by atoms with Crippen molar-refractivity contribution in [2.24, 2.45) is 0 Å². The Kier molecular flexibility index (Phi) is 4.62. The van der Waals surface area contributed by atoms with Gasteiger partial charge >= 0.3 is 0 Å². The number of aryl methyl sites for hydroxylation is 2. The van der Waals surface area contributed by atoms with Gasteiger partial charge in [-0.1, -0.05) is 24.3 Å². The van der Waals surface area contributed by atoms with E-state index in [2.05, 4.69) is 46.6 Å². The van der Waals surface area contributed by atoms with Crippen molar-refractivity contribution in [1.82, 2.24) is 9.97 Å². The van der Waals surface area contributed by atoms with Crippen molar-refractivity contribution < 1.29 is 0 Å². The van der Waals surface area contributed by atoms with E-state index in [0.29, 0.717) is 23.0 Å². The van der Waals surface area contributed by atoms with E-state index in [-0.39, 0.29) is 0 Å². The molecule has 0 radical (unpaired) electrons. The lowest BCUT2D eigenvalue weighted by molar-refractivity contribution is 1.10. The molecule has 0 bridgehead atoms. The fraction of sp³-hybridized carbons (Fsp3) is 0.150. The molecule has 124 valence electrons. The fourth-order valence-corrected chi connectivity index (χ4v) is 2.52. The predicted octanol–water partition coefficient (Wildman–Crippen LogP) is 4.76. The summed E-state index contributed by atoms with van der Waals surface area (Å²) in [7, 11) is 0. The number of hydrogen-bond acceptors (Lipinski definition) is 5. The quantitative estimate of drug-likeness (QED) is 0.722. The van der Waals surface area contributed by atoms with Crippen LogP contribution in [0.5, 0.6) is 0 Å². The Balaban J connectivity index is 1.91. The van der Waals surface area contributed by atoms with Crippen LogP contribution in [0.25, 0.3) is 0 Å². The van der Waals surface area contributed by atoms with Crippen LogP contribution < -0.4 is 10.6 Å². The number of para-hydroxylation sites is 1. The van der Waals surface area contributed by atoms with Gasteiger partial charge in [0, 0.05) is 17.4 Å². The molecule has 0 amide bonds. The van der Waals surface area contributed by atoms with E-state index in [4.69, 9.17) is 0 Å². The van der Waals surface area contributed by atoms with Crippen molar-refractivity contribution in [3.8, 4) is 6.07 Å². The van der Waals surface area contributed by atoms with Crippen LogP contribution in [-0.2, 0) is 0 Å². The maximum absolute atomic E-state index is 9.21. The Labute approximate surface area is 147 Å². The Morgan fingerprint density at radius 2 is 1.64 bits per heavy atom. The molecule has 0 aliphatic heterocycles. The van der Waals surface area contributed by atoms with Crippen molar-refractivity contribution >= 4 is 23.1 Å². The highest BCUT2D eigenvalue weighted by Crippen LogP contribution is 2.24. The molecule has 3 rings (SSSR count). The van der Waals surface area contributed by atoms with Crippen LogP contribution in [0.15, 0.2) is 48.5 Å². The molecule has 1 heterocycles. The first kappa shape index (κ1) is 16.5. The van der Waals surface area contributed by atoms with E-state index >= 15 is 0 Å². The van der Waals surface area contributed by atoms with E-state index in [1.54, 1.807) is 6.07 Å². The maximum atomic E-state index is 9.21. The molecule has 0 saturated heterocycles. The molecule has 0 aliphatic carbocycles. The third-order valence-corrected chi connectivity index (χ3v) is 4.02. The monoisotopic (exact) mass is 329 g/mol. The molecule has 3 aromatic rings. The van der Waals surface area contributed by atoms with E-state index < -0.39 is 0 Å². The third kappa shape index (κ3) is 3.75. The van der Waals surface area contributed by atoms with E-state index in [1.807, 2.05) is 43.3 Å². The summed E-state index contributed by atoms with van der Waals surface area (Å²) in [4.78, 5) is 8.94. The first-order chi connectivity index (χ1) is 12.1. The van der Waals surface area contributed by atoms with Gasteiger partial charge in [0.1, 0.15) is 11.9 Å². The van der Waals surface area contributed by atoms with Crippen molar-refractivity contribution in [3.63, 3.8) is 0 Å². The number of nitrogens with zero attached hydrogens (tertiary/aromatic N) is 3. The lowest BCUT2D eigenvalue weighted by Crippen LogP contribution is -2.04. The first-order valence-corrected chi connectivity index (χ1v) is 8.02. The summed E-state index contributed by atoms with van der Waals surface area (Å²) in [5.74, 6) is 1.16. The average molecular weight is 329 g/mol. The van der Waals surface area contributed by atoms with Crippen LogP contribution in [0.2, 0.25) is 0 Å². The van der Waals surface area contributed by atoms with Gasteiger partial charge in [-0.25, -0.2) is 4.98 Å². The average Bonchev–Trinajstić information content (AvgIpc) is 2.59. The van der Waals surface area contributed by atoms with Gasteiger partial charge in [0.15, 0.2) is 0 Å². The maximum Gasteiger partial charge on any atom is 0.229 e. The summed E-state index contributed by atoms with van der Waals surface area (Å²) in [5, 5.41) is 15.7. The number of benzene rings is 2. The molecule has 0 unspecified atom stereocenters. The van der Waals surface area contributed by atoms with Crippen molar-refractivity contribution in [1.29, 1.82) is 5.26 Å². The minimum atomic E-state index is 0.454. The Morgan fingerprint density at radius 3 is 2.44 bits per heavy atom. The van der Waals surface area contributed by atoms with E-state index in [9.17, 15) is 5.26 Å². The largest absolute Gasteiger partial charge is 0.340 e. The van der Waals surface area contributed by atoms with Crippen LogP contribution in [0, 0.1) is 32.1 Å². The zero-order chi connectivity index (χ0) is 17.8. The Hall–Kier alpha value is -3.39. The topological polar surface area (TPSA) is 73.6 Å². The van der Waals surface area contributed by atoms with Crippen LogP contribution >= 0.6 is 0 Å². The van der Waals surface area contributed by atoms with E-state index in [1.165, 1.54) is 11.1 Å². The zero-order valence-corrected chi connectivity index (χ0v) is 14.5. The predicted molar refractivity (Wildman–Crippen MR) is 100 cm³/mol. The highest BCUT2D eigenvalue weighted by atomic mass is 15.1. The van der Waals surface area contributed by atoms with Gasteiger partial charge in [0.25, 0.3) is 0 Å². The highest BCUT2D eigenvalue weighted by Gasteiger charge is 2.07. The van der Waals surface area contributed by atoms with Gasteiger partial charge in [-0.2, -0.15) is 10.2 Å². The molecule has 2 aromatic carbocycles. The van der Waals surface area contributed by atoms with Gasteiger partial charge in [-0.15, -0.1) is 0 Å². The molecule has 25 heavy (non-hydrogen) atoms. The Bertz CT molecular complexity index is 957. The van der Waals surface area contributed by atoms with Gasteiger partial charge in [-0.3, -0.25) is 0 Å². The molecule has 5 heteroatoms. The van der Waals surface area contributed by atoms with Crippen molar-refractivity contribution in [3.05, 3.63) is 70.9 Å². The van der Waals surface area contributed by atoms with Gasteiger partial charge < -0.3 is 10.6 Å². The Morgan fingerprint density at radius 1 is 0.880 bits per heavy atom. The van der Waals surface area contributed by atoms with Crippen molar-refractivity contribution in [2.75, 3.05) is 10.6 Å². The number of hydrogen-bond donors (Lipinski definition) is 2. The molecule has 5 nitrogen and oxygen atoms in total. The van der Waals surface area contributed by atoms with Crippen molar-refractivity contribution in [2.45, 2.75) is 20.8 Å². The fourth-order valence-electron chi connectivity index (χ4n) is 2.52. The SMILES string of the molecule is Cc1cc(Nc2cccc(C)c2C)nc(Nc2ccccc2C#N)n1. The van der Waals surface area contributed by atoms with Gasteiger partial charge in [-0.05, 0) is 50.1 Å². The van der Waals surface area contributed by atoms with Gasteiger partial charge in [0.05, 0.1) is 11.3 Å².